The highest BCUT2D eigenvalue weighted by atomic mass is 16.7. The average molecular weight is 450 g/mol. The molecule has 0 radical (unpaired) electrons. The maximum atomic E-state index is 12.9. The number of aliphatic hydroxyl groups is 1. The highest BCUT2D eigenvalue weighted by Gasteiger charge is 2.32. The summed E-state index contributed by atoms with van der Waals surface area (Å²) in [5.74, 6) is 1.12. The second kappa shape index (κ2) is 12.0. The lowest BCUT2D eigenvalue weighted by Gasteiger charge is -2.35. The number of amides is 1. The maximum absolute atomic E-state index is 12.9. The quantitative estimate of drug-likeness (QED) is 0.573. The first-order valence-corrected chi connectivity index (χ1v) is 12.2. The van der Waals surface area contributed by atoms with Gasteiger partial charge in [0.25, 0.3) is 5.91 Å². The molecular formula is C28H35NO4. The molecule has 2 atom stereocenters. The van der Waals surface area contributed by atoms with Crippen molar-refractivity contribution in [2.24, 2.45) is 11.8 Å². The Labute approximate surface area is 196 Å². The molecule has 1 aliphatic carbocycles. The van der Waals surface area contributed by atoms with E-state index in [4.69, 9.17) is 9.47 Å². The van der Waals surface area contributed by atoms with Gasteiger partial charge in [0.1, 0.15) is 0 Å². The lowest BCUT2D eigenvalue weighted by Crippen LogP contribution is -2.36. The predicted octanol–water partition coefficient (Wildman–Crippen LogP) is 4.88. The van der Waals surface area contributed by atoms with Crippen LogP contribution in [-0.2, 0) is 33.9 Å². The summed E-state index contributed by atoms with van der Waals surface area (Å²) < 4.78 is 12.1. The zero-order valence-corrected chi connectivity index (χ0v) is 19.2. The minimum absolute atomic E-state index is 0.0312. The Balaban J connectivity index is 1.37. The van der Waals surface area contributed by atoms with E-state index in [1.54, 1.807) is 0 Å². The van der Waals surface area contributed by atoms with Crippen molar-refractivity contribution in [2.45, 2.75) is 64.4 Å². The summed E-state index contributed by atoms with van der Waals surface area (Å²) in [5, 5.41) is 12.2. The Bertz CT molecular complexity index is 903. The number of ether oxygens (including phenoxy) is 2. The predicted molar refractivity (Wildman–Crippen MR) is 128 cm³/mol. The number of benzene rings is 2. The van der Waals surface area contributed by atoms with Crippen LogP contribution in [0.2, 0.25) is 0 Å². The molecule has 0 bridgehead atoms. The molecule has 4 rings (SSSR count). The van der Waals surface area contributed by atoms with Gasteiger partial charge in [-0.3, -0.25) is 4.79 Å². The van der Waals surface area contributed by atoms with Gasteiger partial charge in [0.2, 0.25) is 6.29 Å². The van der Waals surface area contributed by atoms with Gasteiger partial charge in [-0.2, -0.15) is 0 Å². The highest BCUT2D eigenvalue weighted by molar-refractivity contribution is 5.91. The van der Waals surface area contributed by atoms with Crippen LogP contribution in [0.4, 0.5) is 0 Å². The van der Waals surface area contributed by atoms with E-state index in [9.17, 15) is 9.90 Å². The van der Waals surface area contributed by atoms with Gasteiger partial charge in [0.15, 0.2) is 5.76 Å². The number of hydrogen-bond donors (Lipinski definition) is 2. The van der Waals surface area contributed by atoms with Crippen molar-refractivity contribution in [1.29, 1.82) is 0 Å². The molecule has 0 aromatic heterocycles. The van der Waals surface area contributed by atoms with Crippen molar-refractivity contribution in [1.82, 2.24) is 5.32 Å². The molecule has 1 fully saturated rings. The van der Waals surface area contributed by atoms with E-state index in [0.717, 1.165) is 24.0 Å². The van der Waals surface area contributed by atoms with Crippen molar-refractivity contribution >= 4 is 5.91 Å². The molecule has 0 unspecified atom stereocenters. The summed E-state index contributed by atoms with van der Waals surface area (Å²) >= 11 is 0. The fourth-order valence-electron chi connectivity index (χ4n) is 4.82. The summed E-state index contributed by atoms with van der Waals surface area (Å²) in [4.78, 5) is 12.9. The Morgan fingerprint density at radius 2 is 1.70 bits per heavy atom. The summed E-state index contributed by atoms with van der Waals surface area (Å²) in [7, 11) is 0. The molecule has 1 aliphatic heterocycles. The molecule has 176 valence electrons. The first-order valence-electron chi connectivity index (χ1n) is 12.2. The number of aliphatic hydroxyl groups excluding tert-OH is 1. The minimum atomic E-state index is -0.436. The molecule has 0 spiro atoms. The molecule has 5 nitrogen and oxygen atoms in total. The van der Waals surface area contributed by atoms with Crippen molar-refractivity contribution in [3.05, 3.63) is 83.1 Å². The lowest BCUT2D eigenvalue weighted by atomic mass is 9.77. The molecule has 1 heterocycles. The van der Waals surface area contributed by atoms with Crippen LogP contribution >= 0.6 is 0 Å². The normalized spacial score (nSPS) is 21.2. The van der Waals surface area contributed by atoms with E-state index >= 15 is 0 Å². The number of allylic oxidation sites excluding steroid dienone is 1. The van der Waals surface area contributed by atoms with Gasteiger partial charge in [0.05, 0.1) is 13.2 Å². The number of carbonyl (C=O) groups excluding carboxylic acids is 1. The minimum Gasteiger partial charge on any atom is -0.459 e. The SMILES string of the molecule is O=C(NCCc1ccccc1)C1=C[C@@H](C2CCCCC2)C[C@@H](OCc2ccc(CO)cc2)O1. The third kappa shape index (κ3) is 6.92. The Hall–Kier alpha value is -2.63. The van der Waals surface area contributed by atoms with Crippen molar-refractivity contribution < 1.29 is 19.4 Å². The Kier molecular flexibility index (Phi) is 8.56. The number of rotatable bonds is 9. The third-order valence-corrected chi connectivity index (χ3v) is 6.75. The van der Waals surface area contributed by atoms with Crippen molar-refractivity contribution in [3.8, 4) is 0 Å². The Morgan fingerprint density at radius 3 is 2.42 bits per heavy atom. The van der Waals surface area contributed by atoms with E-state index in [0.29, 0.717) is 30.7 Å². The standard InChI is InChI=1S/C28H35NO4/c30-19-22-11-13-23(14-12-22)20-32-27-18-25(24-9-5-2-6-10-24)17-26(33-27)28(31)29-16-15-21-7-3-1-4-8-21/h1,3-4,7-8,11-14,17,24-25,27,30H,2,5-6,9-10,15-16,18-20H2,(H,29,31)/t25-,27+/m1/s1. The molecule has 2 N–H and O–H groups in total. The zero-order chi connectivity index (χ0) is 22.9. The van der Waals surface area contributed by atoms with E-state index in [1.807, 2.05) is 48.5 Å². The highest BCUT2D eigenvalue weighted by Crippen LogP contribution is 2.37. The van der Waals surface area contributed by atoms with Crippen molar-refractivity contribution in [3.63, 3.8) is 0 Å². The van der Waals surface area contributed by atoms with Crippen LogP contribution in [0, 0.1) is 11.8 Å². The summed E-state index contributed by atoms with van der Waals surface area (Å²) in [6, 6.07) is 17.9. The molecular weight excluding hydrogens is 414 g/mol. The molecule has 2 aromatic rings. The van der Waals surface area contributed by atoms with Crippen LogP contribution < -0.4 is 5.32 Å². The van der Waals surface area contributed by atoms with Gasteiger partial charge < -0.3 is 19.9 Å². The Morgan fingerprint density at radius 1 is 0.970 bits per heavy atom. The maximum Gasteiger partial charge on any atom is 0.286 e. The van der Waals surface area contributed by atoms with E-state index < -0.39 is 6.29 Å². The second-order valence-corrected chi connectivity index (χ2v) is 9.15. The molecule has 1 amide bonds. The van der Waals surface area contributed by atoms with E-state index in [1.165, 1.54) is 37.7 Å². The first-order chi connectivity index (χ1) is 16.2. The van der Waals surface area contributed by atoms with Gasteiger partial charge in [-0.1, -0.05) is 73.9 Å². The summed E-state index contributed by atoms with van der Waals surface area (Å²) in [6.45, 7) is 1.01. The van der Waals surface area contributed by atoms with Crippen molar-refractivity contribution in [2.75, 3.05) is 6.54 Å². The van der Waals surface area contributed by atoms with Gasteiger partial charge in [-0.15, -0.1) is 0 Å². The average Bonchev–Trinajstić information content (AvgIpc) is 2.88. The fraction of sp³-hybridized carbons (Fsp3) is 0.464. The van der Waals surface area contributed by atoms with E-state index in [2.05, 4.69) is 17.4 Å². The monoisotopic (exact) mass is 449 g/mol. The summed E-state index contributed by atoms with van der Waals surface area (Å²) in [6.07, 6.45) is 9.42. The van der Waals surface area contributed by atoms with Crippen LogP contribution in [0.5, 0.6) is 0 Å². The molecule has 1 saturated carbocycles. The number of carbonyl (C=O) groups is 1. The first kappa shape index (κ1) is 23.5. The van der Waals surface area contributed by atoms with Crippen LogP contribution in [-0.4, -0.2) is 23.8 Å². The second-order valence-electron chi connectivity index (χ2n) is 9.15. The van der Waals surface area contributed by atoms with Gasteiger partial charge in [0, 0.05) is 13.0 Å². The van der Waals surface area contributed by atoms with Crippen LogP contribution in [0.15, 0.2) is 66.4 Å². The number of hydrogen-bond acceptors (Lipinski definition) is 4. The topological polar surface area (TPSA) is 67.8 Å². The van der Waals surface area contributed by atoms with Gasteiger partial charge in [-0.25, -0.2) is 0 Å². The molecule has 2 aliphatic rings. The van der Waals surface area contributed by atoms with Gasteiger partial charge >= 0.3 is 0 Å². The van der Waals surface area contributed by atoms with Crippen LogP contribution in [0.1, 0.15) is 55.2 Å². The number of nitrogens with one attached hydrogen (secondary N) is 1. The lowest BCUT2D eigenvalue weighted by molar-refractivity contribution is -0.155. The molecule has 0 saturated heterocycles. The van der Waals surface area contributed by atoms with Crippen LogP contribution in [0.3, 0.4) is 0 Å². The third-order valence-electron chi connectivity index (χ3n) is 6.75. The smallest absolute Gasteiger partial charge is 0.286 e. The summed E-state index contributed by atoms with van der Waals surface area (Å²) in [5.41, 5.74) is 3.10. The van der Waals surface area contributed by atoms with Gasteiger partial charge in [-0.05, 0) is 53.9 Å². The fourth-order valence-corrected chi connectivity index (χ4v) is 4.82. The molecule has 33 heavy (non-hydrogen) atoms. The molecule has 5 heteroatoms. The largest absolute Gasteiger partial charge is 0.459 e. The zero-order valence-electron chi connectivity index (χ0n) is 19.2. The molecule has 2 aromatic carbocycles. The van der Waals surface area contributed by atoms with E-state index in [-0.39, 0.29) is 12.5 Å². The van der Waals surface area contributed by atoms with Crippen LogP contribution in [0.25, 0.3) is 0 Å².